The van der Waals surface area contributed by atoms with E-state index in [2.05, 4.69) is 5.32 Å². The molecule has 3 aromatic rings. The molecule has 1 saturated heterocycles. The maximum absolute atomic E-state index is 13.4. The lowest BCUT2D eigenvalue weighted by Crippen LogP contribution is -2.29. The number of aliphatic hydroxyl groups excluding tert-OH is 1. The van der Waals surface area contributed by atoms with Crippen LogP contribution in [0.5, 0.6) is 17.2 Å². The molecule has 3 aromatic carbocycles. The highest BCUT2D eigenvalue weighted by Gasteiger charge is 2.47. The predicted octanol–water partition coefficient (Wildman–Crippen LogP) is 4.30. The van der Waals surface area contributed by atoms with Crippen molar-refractivity contribution in [1.29, 1.82) is 0 Å². The second-order valence-electron chi connectivity index (χ2n) is 8.24. The molecule has 2 N–H and O–H groups in total. The van der Waals surface area contributed by atoms with Crippen LogP contribution in [-0.4, -0.2) is 44.0 Å². The molecule has 190 valence electrons. The highest BCUT2D eigenvalue weighted by atomic mass is 16.5. The van der Waals surface area contributed by atoms with Crippen LogP contribution in [0.2, 0.25) is 0 Å². The Balaban J connectivity index is 1.94. The number of methoxy groups -OCH3 is 3. The molecular weight excluding hydrogens is 476 g/mol. The van der Waals surface area contributed by atoms with Crippen molar-refractivity contribution in [3.63, 3.8) is 0 Å². The van der Waals surface area contributed by atoms with Crippen LogP contribution in [0, 0.1) is 0 Å². The number of benzene rings is 3. The molecule has 0 bridgehead atoms. The Morgan fingerprint density at radius 2 is 1.57 bits per heavy atom. The zero-order valence-electron chi connectivity index (χ0n) is 20.8. The number of carbonyl (C=O) groups excluding carboxylic acids is 3. The van der Waals surface area contributed by atoms with Gasteiger partial charge in [0.15, 0.2) is 0 Å². The van der Waals surface area contributed by atoms with Crippen molar-refractivity contribution >= 4 is 34.7 Å². The van der Waals surface area contributed by atoms with Crippen LogP contribution in [0.15, 0.2) is 72.3 Å². The van der Waals surface area contributed by atoms with Gasteiger partial charge in [-0.3, -0.25) is 19.3 Å². The maximum Gasteiger partial charge on any atom is 0.300 e. The second kappa shape index (κ2) is 10.4. The molecule has 1 fully saturated rings. The number of Topliss-reactive ketones (excluding diaryl/α,β-unsaturated/α-hetero) is 1. The summed E-state index contributed by atoms with van der Waals surface area (Å²) in [4.78, 5) is 39.7. The molecule has 2 amide bonds. The first-order valence-electron chi connectivity index (χ1n) is 11.3. The number of nitrogens with zero attached hydrogens (tertiary/aromatic N) is 1. The molecule has 1 aliphatic heterocycles. The molecule has 9 nitrogen and oxygen atoms in total. The number of hydrogen-bond donors (Lipinski definition) is 2. The summed E-state index contributed by atoms with van der Waals surface area (Å²) in [6, 6.07) is 17.2. The molecule has 1 atom stereocenters. The Hall–Kier alpha value is -4.79. The quantitative estimate of drug-likeness (QED) is 0.281. The van der Waals surface area contributed by atoms with Gasteiger partial charge >= 0.3 is 0 Å². The summed E-state index contributed by atoms with van der Waals surface area (Å²) in [6.07, 6.45) is 0. The van der Waals surface area contributed by atoms with Gasteiger partial charge in [-0.2, -0.15) is 0 Å². The fraction of sp³-hybridized carbons (Fsp3) is 0.179. The maximum atomic E-state index is 13.4. The van der Waals surface area contributed by atoms with E-state index in [1.165, 1.54) is 33.2 Å². The summed E-state index contributed by atoms with van der Waals surface area (Å²) in [5.41, 5.74) is 1.52. The number of hydrogen-bond acceptors (Lipinski definition) is 7. The number of nitrogens with one attached hydrogen (secondary N) is 1. The lowest BCUT2D eigenvalue weighted by atomic mass is 9.94. The first-order valence-corrected chi connectivity index (χ1v) is 11.3. The highest BCUT2D eigenvalue weighted by molar-refractivity contribution is 6.51. The smallest absolute Gasteiger partial charge is 0.300 e. The van der Waals surface area contributed by atoms with Crippen molar-refractivity contribution in [3.8, 4) is 17.2 Å². The number of carbonyl (C=O) groups is 3. The van der Waals surface area contributed by atoms with Gasteiger partial charge < -0.3 is 24.6 Å². The minimum absolute atomic E-state index is 0.108. The molecule has 1 aliphatic rings. The zero-order valence-corrected chi connectivity index (χ0v) is 20.8. The van der Waals surface area contributed by atoms with Gasteiger partial charge in [0, 0.05) is 24.4 Å². The van der Waals surface area contributed by atoms with E-state index in [0.29, 0.717) is 28.4 Å². The number of aliphatic hydroxyl groups is 1. The third-order valence-electron chi connectivity index (χ3n) is 5.98. The fourth-order valence-electron chi connectivity index (χ4n) is 4.28. The summed E-state index contributed by atoms with van der Waals surface area (Å²) in [6.45, 7) is 1.37. The molecule has 1 heterocycles. The van der Waals surface area contributed by atoms with Crippen molar-refractivity contribution in [2.75, 3.05) is 31.5 Å². The van der Waals surface area contributed by atoms with Crippen LogP contribution in [0.4, 0.5) is 11.4 Å². The molecule has 1 unspecified atom stereocenters. The average molecular weight is 503 g/mol. The number of anilines is 2. The summed E-state index contributed by atoms with van der Waals surface area (Å²) < 4.78 is 15.9. The second-order valence-corrected chi connectivity index (χ2v) is 8.24. The molecule has 4 rings (SSSR count). The summed E-state index contributed by atoms with van der Waals surface area (Å²) in [7, 11) is 4.46. The summed E-state index contributed by atoms with van der Waals surface area (Å²) in [5, 5.41) is 14.1. The van der Waals surface area contributed by atoms with E-state index in [4.69, 9.17) is 14.2 Å². The van der Waals surface area contributed by atoms with Crippen molar-refractivity contribution in [1.82, 2.24) is 0 Å². The van der Waals surface area contributed by atoms with Gasteiger partial charge in [-0.05, 0) is 48.0 Å². The Bertz CT molecular complexity index is 1400. The van der Waals surface area contributed by atoms with Gasteiger partial charge in [0.2, 0.25) is 5.91 Å². The fourth-order valence-corrected chi connectivity index (χ4v) is 4.28. The molecule has 0 spiro atoms. The molecule has 0 radical (unpaired) electrons. The monoisotopic (exact) mass is 502 g/mol. The van der Waals surface area contributed by atoms with Crippen molar-refractivity contribution in [2.45, 2.75) is 13.0 Å². The number of rotatable bonds is 7. The molecule has 0 aliphatic carbocycles. The molecule has 0 aromatic heterocycles. The van der Waals surface area contributed by atoms with Crippen molar-refractivity contribution in [3.05, 3.63) is 83.4 Å². The lowest BCUT2D eigenvalue weighted by Gasteiger charge is -2.26. The van der Waals surface area contributed by atoms with E-state index in [9.17, 15) is 19.5 Å². The van der Waals surface area contributed by atoms with Crippen molar-refractivity contribution in [2.24, 2.45) is 0 Å². The van der Waals surface area contributed by atoms with Crippen molar-refractivity contribution < 1.29 is 33.7 Å². The first-order chi connectivity index (χ1) is 17.8. The normalized spacial score (nSPS) is 16.4. The number of ketones is 1. The van der Waals surface area contributed by atoms with Crippen LogP contribution in [0.1, 0.15) is 24.1 Å². The van der Waals surface area contributed by atoms with Crippen LogP contribution in [0.3, 0.4) is 0 Å². The standard InChI is InChI=1S/C28H26N2O7/c1-16(31)29-18-6-5-7-19(14-18)30-25(17-8-10-20(35-2)11-9-17)24(27(33)28(30)34)26(32)22-13-12-21(36-3)15-23(22)37-4/h5-15,25,32H,1-4H3,(H,29,31)/b26-24-. The Kier molecular flexibility index (Phi) is 7.15. The third-order valence-corrected chi connectivity index (χ3v) is 5.98. The van der Waals surface area contributed by atoms with E-state index < -0.39 is 17.7 Å². The summed E-state index contributed by atoms with van der Waals surface area (Å²) >= 11 is 0. The van der Waals surface area contributed by atoms with Crippen LogP contribution in [0.25, 0.3) is 5.76 Å². The minimum Gasteiger partial charge on any atom is -0.507 e. The van der Waals surface area contributed by atoms with Crippen LogP contribution in [-0.2, 0) is 14.4 Å². The summed E-state index contributed by atoms with van der Waals surface area (Å²) in [5.74, 6) is -1.00. The van der Waals surface area contributed by atoms with Gasteiger partial charge in [-0.15, -0.1) is 0 Å². The minimum atomic E-state index is -0.967. The number of amides is 2. The van der Waals surface area contributed by atoms with Crippen LogP contribution < -0.4 is 24.4 Å². The van der Waals surface area contributed by atoms with Gasteiger partial charge in [0.05, 0.1) is 38.5 Å². The van der Waals surface area contributed by atoms with Gasteiger partial charge in [-0.1, -0.05) is 18.2 Å². The van der Waals surface area contributed by atoms with Crippen LogP contribution >= 0.6 is 0 Å². The third kappa shape index (κ3) is 4.84. The zero-order chi connectivity index (χ0) is 26.7. The molecule has 37 heavy (non-hydrogen) atoms. The van der Waals surface area contributed by atoms with Gasteiger partial charge in [-0.25, -0.2) is 0 Å². The van der Waals surface area contributed by atoms with E-state index in [0.717, 1.165) is 0 Å². The Labute approximate surface area is 213 Å². The molecule has 0 saturated carbocycles. The van der Waals surface area contributed by atoms with E-state index >= 15 is 0 Å². The van der Waals surface area contributed by atoms with Gasteiger partial charge in [0.1, 0.15) is 23.0 Å². The largest absolute Gasteiger partial charge is 0.507 e. The average Bonchev–Trinajstić information content (AvgIpc) is 3.17. The van der Waals surface area contributed by atoms with Gasteiger partial charge in [0.25, 0.3) is 11.7 Å². The molecular formula is C28H26N2O7. The van der Waals surface area contributed by atoms with E-state index in [-0.39, 0.29) is 28.6 Å². The first kappa shape index (κ1) is 25.3. The SMILES string of the molecule is COc1ccc(C2/C(=C(/O)c3ccc(OC)cc3OC)C(=O)C(=O)N2c2cccc(NC(C)=O)c2)cc1. The predicted molar refractivity (Wildman–Crippen MR) is 138 cm³/mol. The lowest BCUT2D eigenvalue weighted by molar-refractivity contribution is -0.132. The Morgan fingerprint density at radius 1 is 0.892 bits per heavy atom. The van der Waals surface area contributed by atoms with E-state index in [1.807, 2.05) is 0 Å². The Morgan fingerprint density at radius 3 is 2.19 bits per heavy atom. The number of ether oxygens (including phenoxy) is 3. The topological polar surface area (TPSA) is 114 Å². The highest BCUT2D eigenvalue weighted by Crippen LogP contribution is 2.44. The van der Waals surface area contributed by atoms with E-state index in [1.54, 1.807) is 66.7 Å². The molecule has 9 heteroatoms.